The van der Waals surface area contributed by atoms with Crippen molar-refractivity contribution in [2.24, 2.45) is 7.05 Å². The lowest BCUT2D eigenvalue weighted by molar-refractivity contribution is 0.221. The van der Waals surface area contributed by atoms with Gasteiger partial charge in [0.2, 0.25) is 0 Å². The van der Waals surface area contributed by atoms with E-state index in [1.54, 1.807) is 14.2 Å². The van der Waals surface area contributed by atoms with Gasteiger partial charge in [-0.3, -0.25) is 9.88 Å². The maximum absolute atomic E-state index is 5.56. The first-order valence-electron chi connectivity index (χ1n) is 10.4. The topological polar surface area (TPSA) is 39.5 Å². The highest BCUT2D eigenvalue weighted by molar-refractivity contribution is 5.88. The number of methoxy groups -OCH3 is 2. The number of likely N-dealkylation sites (N-methyl/N-ethyl adjacent to an activating group) is 1. The van der Waals surface area contributed by atoms with Gasteiger partial charge in [0.25, 0.3) is 0 Å². The average molecular weight is 402 g/mol. The van der Waals surface area contributed by atoms with Crippen molar-refractivity contribution in [3.63, 3.8) is 0 Å². The van der Waals surface area contributed by atoms with Crippen molar-refractivity contribution in [2.45, 2.75) is 18.9 Å². The van der Waals surface area contributed by atoms with Crippen LogP contribution in [0.4, 0.5) is 0 Å². The second-order valence-corrected chi connectivity index (χ2v) is 8.08. The first kappa shape index (κ1) is 18.9. The van der Waals surface area contributed by atoms with Crippen molar-refractivity contribution in [1.29, 1.82) is 0 Å². The highest BCUT2D eigenvalue weighted by Crippen LogP contribution is 2.39. The summed E-state index contributed by atoms with van der Waals surface area (Å²) in [6.45, 7) is 1.05. The molecule has 0 bridgehead atoms. The summed E-state index contributed by atoms with van der Waals surface area (Å²) in [6.07, 6.45) is 3.83. The van der Waals surface area contributed by atoms with E-state index in [1.165, 1.54) is 22.2 Å². The average Bonchev–Trinajstić information content (AvgIpc) is 3.07. The Kier molecular flexibility index (Phi) is 4.63. The normalized spacial score (nSPS) is 16.7. The molecule has 0 N–H and O–H groups in total. The van der Waals surface area contributed by atoms with Gasteiger partial charge in [-0.1, -0.05) is 18.2 Å². The van der Waals surface area contributed by atoms with E-state index in [0.717, 1.165) is 47.4 Å². The van der Waals surface area contributed by atoms with E-state index < -0.39 is 0 Å². The molecule has 5 heteroatoms. The number of ether oxygens (including phenoxy) is 2. The molecule has 1 aliphatic rings. The van der Waals surface area contributed by atoms with E-state index in [4.69, 9.17) is 14.5 Å². The van der Waals surface area contributed by atoms with Crippen molar-refractivity contribution in [3.8, 4) is 11.5 Å². The molecule has 0 fully saturated rings. The molecule has 0 saturated heterocycles. The van der Waals surface area contributed by atoms with Crippen LogP contribution in [0.3, 0.4) is 0 Å². The lowest BCUT2D eigenvalue weighted by Crippen LogP contribution is -2.34. The van der Waals surface area contributed by atoms with E-state index in [0.29, 0.717) is 0 Å². The summed E-state index contributed by atoms with van der Waals surface area (Å²) < 4.78 is 13.4. The number of hydrogen-bond acceptors (Lipinski definition) is 4. The molecule has 5 rings (SSSR count). The fraction of sp³-hybridized carbons (Fsp3) is 0.320. The lowest BCUT2D eigenvalue weighted by Gasteiger charge is -2.34. The van der Waals surface area contributed by atoms with Crippen LogP contribution in [0, 0.1) is 0 Å². The highest BCUT2D eigenvalue weighted by atomic mass is 16.5. The van der Waals surface area contributed by atoms with Crippen LogP contribution >= 0.6 is 0 Å². The number of fused-ring (bicyclic) bond motifs is 4. The van der Waals surface area contributed by atoms with E-state index in [-0.39, 0.29) is 6.04 Å². The predicted octanol–water partition coefficient (Wildman–Crippen LogP) is 4.52. The van der Waals surface area contributed by atoms with Crippen molar-refractivity contribution in [2.75, 3.05) is 27.8 Å². The molecule has 3 heterocycles. The monoisotopic (exact) mass is 401 g/mol. The smallest absolute Gasteiger partial charge is 0.161 e. The molecule has 0 saturated carbocycles. The number of pyridine rings is 1. The van der Waals surface area contributed by atoms with Crippen LogP contribution < -0.4 is 9.47 Å². The van der Waals surface area contributed by atoms with Gasteiger partial charge in [0, 0.05) is 48.2 Å². The molecule has 30 heavy (non-hydrogen) atoms. The van der Waals surface area contributed by atoms with E-state index in [2.05, 4.69) is 53.9 Å². The van der Waals surface area contributed by atoms with E-state index >= 15 is 0 Å². The molecule has 1 aliphatic heterocycles. The Labute approximate surface area is 176 Å². The molecule has 2 aromatic heterocycles. The van der Waals surface area contributed by atoms with Crippen molar-refractivity contribution < 1.29 is 9.47 Å². The summed E-state index contributed by atoms with van der Waals surface area (Å²) >= 11 is 0. The Morgan fingerprint density at radius 3 is 2.57 bits per heavy atom. The molecule has 0 spiro atoms. The first-order chi connectivity index (χ1) is 14.6. The molecular formula is C25H27N3O2. The van der Waals surface area contributed by atoms with E-state index in [1.807, 2.05) is 18.3 Å². The number of aromatic nitrogens is 2. The van der Waals surface area contributed by atoms with Crippen molar-refractivity contribution in [1.82, 2.24) is 14.5 Å². The number of para-hydroxylation sites is 1. The van der Waals surface area contributed by atoms with Gasteiger partial charge in [-0.25, -0.2) is 0 Å². The van der Waals surface area contributed by atoms with Crippen LogP contribution in [0.25, 0.3) is 21.7 Å². The fourth-order valence-corrected chi connectivity index (χ4v) is 4.99. The Bertz CT molecular complexity index is 1240. The Morgan fingerprint density at radius 1 is 1.00 bits per heavy atom. The highest BCUT2D eigenvalue weighted by Gasteiger charge is 2.30. The van der Waals surface area contributed by atoms with E-state index in [9.17, 15) is 0 Å². The molecule has 0 amide bonds. The summed E-state index contributed by atoms with van der Waals surface area (Å²) in [4.78, 5) is 7.25. The van der Waals surface area contributed by atoms with Crippen LogP contribution in [0.15, 0.2) is 48.7 Å². The third kappa shape index (κ3) is 2.84. The number of rotatable bonds is 4. The summed E-state index contributed by atoms with van der Waals surface area (Å²) in [5, 5.41) is 3.62. The molecule has 154 valence electrons. The minimum atomic E-state index is 0.275. The van der Waals surface area contributed by atoms with Gasteiger partial charge in [-0.2, -0.15) is 0 Å². The maximum atomic E-state index is 5.56. The van der Waals surface area contributed by atoms with Crippen molar-refractivity contribution >= 4 is 21.7 Å². The first-order valence-corrected chi connectivity index (χ1v) is 10.4. The largest absolute Gasteiger partial charge is 0.493 e. The molecule has 0 aliphatic carbocycles. The second kappa shape index (κ2) is 7.33. The van der Waals surface area contributed by atoms with Crippen LogP contribution in [0.1, 0.15) is 23.0 Å². The minimum absolute atomic E-state index is 0.275. The van der Waals surface area contributed by atoms with Gasteiger partial charge in [-0.15, -0.1) is 0 Å². The van der Waals surface area contributed by atoms with Crippen LogP contribution in [0.5, 0.6) is 11.5 Å². The van der Waals surface area contributed by atoms with Gasteiger partial charge in [-0.05, 0) is 48.7 Å². The Hall–Kier alpha value is -3.05. The van der Waals surface area contributed by atoms with Gasteiger partial charge in [0.1, 0.15) is 0 Å². The third-order valence-electron chi connectivity index (χ3n) is 6.56. The lowest BCUT2D eigenvalue weighted by atomic mass is 9.93. The standard InChI is InChI=1S/C25H27N3O2/c1-27-12-10-18-17-7-5-6-8-21(17)28(2)25(18)22(27)15-20-19-14-24(30-4)23(29-3)13-16(19)9-11-26-20/h5-9,11,13-14,22H,10,12,15H2,1-4H3. The van der Waals surface area contributed by atoms with Gasteiger partial charge in [0.15, 0.2) is 11.5 Å². The molecule has 0 radical (unpaired) electrons. The zero-order valence-electron chi connectivity index (χ0n) is 18.0. The van der Waals surface area contributed by atoms with Crippen LogP contribution in [-0.2, 0) is 19.9 Å². The zero-order chi connectivity index (χ0) is 20.8. The summed E-state index contributed by atoms with van der Waals surface area (Å²) in [5.41, 5.74) is 5.28. The predicted molar refractivity (Wildman–Crippen MR) is 121 cm³/mol. The maximum Gasteiger partial charge on any atom is 0.161 e. The number of hydrogen-bond donors (Lipinski definition) is 0. The molecule has 1 atom stereocenters. The summed E-state index contributed by atoms with van der Waals surface area (Å²) in [7, 11) is 7.76. The van der Waals surface area contributed by atoms with Gasteiger partial charge in [0.05, 0.1) is 26.0 Å². The fourth-order valence-electron chi connectivity index (χ4n) is 4.99. The minimum Gasteiger partial charge on any atom is -0.493 e. The Morgan fingerprint density at radius 2 is 1.77 bits per heavy atom. The zero-order valence-corrected chi connectivity index (χ0v) is 18.0. The SMILES string of the molecule is COc1cc2ccnc(CC3c4c(c5ccccc5n4C)CCN3C)c2cc1OC. The van der Waals surface area contributed by atoms with Crippen molar-refractivity contribution in [3.05, 3.63) is 65.6 Å². The number of aryl methyl sites for hydroxylation is 1. The number of benzene rings is 2. The summed E-state index contributed by atoms with van der Waals surface area (Å²) in [6, 6.07) is 15.1. The van der Waals surface area contributed by atoms with Gasteiger partial charge >= 0.3 is 0 Å². The van der Waals surface area contributed by atoms with Crippen LogP contribution in [0.2, 0.25) is 0 Å². The molecule has 1 unspecified atom stereocenters. The summed E-state index contributed by atoms with van der Waals surface area (Å²) in [5.74, 6) is 1.48. The Balaban J connectivity index is 1.64. The molecular weight excluding hydrogens is 374 g/mol. The molecule has 4 aromatic rings. The second-order valence-electron chi connectivity index (χ2n) is 8.08. The third-order valence-corrected chi connectivity index (χ3v) is 6.56. The molecule has 2 aromatic carbocycles. The van der Waals surface area contributed by atoms with Gasteiger partial charge < -0.3 is 14.0 Å². The van der Waals surface area contributed by atoms with Crippen LogP contribution in [-0.4, -0.2) is 42.3 Å². The quantitative estimate of drug-likeness (QED) is 0.504. The molecule has 5 nitrogen and oxygen atoms in total. The number of nitrogens with zero attached hydrogens (tertiary/aromatic N) is 3.